The third-order valence-corrected chi connectivity index (χ3v) is 6.19. The first kappa shape index (κ1) is 29.8. The molecule has 15 nitrogen and oxygen atoms in total. The van der Waals surface area contributed by atoms with Crippen LogP contribution in [0.25, 0.3) is 10.9 Å². The first-order valence-electron chi connectivity index (χ1n) is 12.3. The average molecular weight is 557 g/mol. The number of nitrogens with two attached hydrogens (primary N) is 2. The predicted molar refractivity (Wildman–Crippen MR) is 141 cm³/mol. The van der Waals surface area contributed by atoms with Gasteiger partial charge >= 0.3 is 5.97 Å². The molecule has 5 atom stereocenters. The molecule has 2 heterocycles. The van der Waals surface area contributed by atoms with Crippen LogP contribution in [0.5, 0.6) is 0 Å². The molecule has 0 spiro atoms. The lowest BCUT2D eigenvalue weighted by Crippen LogP contribution is -2.59. The molecule has 0 aliphatic rings. The molecule has 11 N–H and O–H groups in total. The Morgan fingerprint density at radius 1 is 0.950 bits per heavy atom. The largest absolute Gasteiger partial charge is 0.480 e. The first-order chi connectivity index (χ1) is 19.0. The van der Waals surface area contributed by atoms with Gasteiger partial charge in [0.05, 0.1) is 18.9 Å². The van der Waals surface area contributed by atoms with Crippen molar-refractivity contribution in [1.29, 1.82) is 0 Å². The van der Waals surface area contributed by atoms with Crippen molar-refractivity contribution in [2.24, 2.45) is 11.5 Å². The van der Waals surface area contributed by atoms with Gasteiger partial charge in [0.2, 0.25) is 23.6 Å². The number of amides is 4. The van der Waals surface area contributed by atoms with Crippen molar-refractivity contribution in [1.82, 2.24) is 30.9 Å². The summed E-state index contributed by atoms with van der Waals surface area (Å²) in [6.07, 6.45) is 2.39. The highest BCUT2D eigenvalue weighted by molar-refractivity contribution is 5.96. The number of fused-ring (bicyclic) bond motifs is 1. The number of aromatic amines is 2. The highest BCUT2D eigenvalue weighted by atomic mass is 16.4. The predicted octanol–water partition coefficient (Wildman–Crippen LogP) is -2.20. The second kappa shape index (κ2) is 13.3. The van der Waals surface area contributed by atoms with Gasteiger partial charge in [0.15, 0.2) is 0 Å². The standard InChI is InChI=1S/C25H32N8O7/c1-12(34)21(27)24(38)32-18(8-20(26)35)23(37)31-17(7-14-10-28-11-30-14)22(36)33-19(25(39)40)6-13-9-29-16-5-3-2-4-15(13)16/h2-5,9-12,17-19,21,29,34H,6-8,27H2,1H3,(H2,26,35)(H,28,30)(H,31,37)(H,32,38)(H,33,36)(H,39,40). The summed E-state index contributed by atoms with van der Waals surface area (Å²) in [6.45, 7) is 1.27. The molecular weight excluding hydrogens is 524 g/mol. The number of imidazole rings is 1. The van der Waals surface area contributed by atoms with Crippen LogP contribution in [0.1, 0.15) is 24.6 Å². The van der Waals surface area contributed by atoms with Gasteiger partial charge in [0.25, 0.3) is 0 Å². The zero-order valence-electron chi connectivity index (χ0n) is 21.6. The fourth-order valence-corrected chi connectivity index (χ4v) is 3.99. The monoisotopic (exact) mass is 556 g/mol. The van der Waals surface area contributed by atoms with Gasteiger partial charge in [-0.3, -0.25) is 19.2 Å². The number of H-pyrrole nitrogens is 2. The topological polar surface area (TPSA) is 258 Å². The molecule has 2 aromatic heterocycles. The summed E-state index contributed by atoms with van der Waals surface area (Å²) in [6, 6.07) is 1.68. The number of carboxylic acids is 1. The summed E-state index contributed by atoms with van der Waals surface area (Å²) in [5.74, 6) is -4.93. The Morgan fingerprint density at radius 3 is 2.23 bits per heavy atom. The molecular formula is C25H32N8O7. The molecule has 3 rings (SSSR count). The van der Waals surface area contributed by atoms with Crippen molar-refractivity contribution in [2.75, 3.05) is 0 Å². The van der Waals surface area contributed by atoms with E-state index in [4.69, 9.17) is 11.5 Å². The fourth-order valence-electron chi connectivity index (χ4n) is 3.99. The number of hydrogen-bond donors (Lipinski definition) is 9. The molecule has 3 aromatic rings. The van der Waals surface area contributed by atoms with E-state index in [-0.39, 0.29) is 12.8 Å². The van der Waals surface area contributed by atoms with Gasteiger partial charge in [-0.1, -0.05) is 18.2 Å². The summed E-state index contributed by atoms with van der Waals surface area (Å²) >= 11 is 0. The van der Waals surface area contributed by atoms with E-state index in [1.54, 1.807) is 12.3 Å². The molecule has 0 saturated carbocycles. The van der Waals surface area contributed by atoms with E-state index < -0.39 is 66.3 Å². The maximum atomic E-state index is 13.3. The van der Waals surface area contributed by atoms with Crippen LogP contribution in [0.2, 0.25) is 0 Å². The number of aromatic nitrogens is 3. The average Bonchev–Trinajstić information content (AvgIpc) is 3.56. The Morgan fingerprint density at radius 2 is 1.60 bits per heavy atom. The lowest BCUT2D eigenvalue weighted by molar-refractivity contribution is -0.142. The molecule has 15 heteroatoms. The number of carbonyl (C=O) groups is 5. The summed E-state index contributed by atoms with van der Waals surface area (Å²) in [4.78, 5) is 72.1. The Kier molecular flexibility index (Phi) is 9.94. The lowest BCUT2D eigenvalue weighted by atomic mass is 10.0. The number of aliphatic carboxylic acids is 1. The van der Waals surface area contributed by atoms with Crippen molar-refractivity contribution in [3.05, 3.63) is 54.2 Å². The van der Waals surface area contributed by atoms with Crippen LogP contribution < -0.4 is 27.4 Å². The SMILES string of the molecule is CC(O)C(N)C(=O)NC(CC(N)=O)C(=O)NC(Cc1cnc[nH]1)C(=O)NC(Cc1c[nH]c2ccccc12)C(=O)O. The van der Waals surface area contributed by atoms with E-state index in [1.807, 2.05) is 18.2 Å². The fraction of sp³-hybridized carbons (Fsp3) is 0.360. The Balaban J connectivity index is 1.80. The second-order valence-electron chi connectivity index (χ2n) is 9.30. The van der Waals surface area contributed by atoms with E-state index in [1.165, 1.54) is 19.4 Å². The van der Waals surface area contributed by atoms with E-state index in [0.717, 1.165) is 10.9 Å². The quantitative estimate of drug-likeness (QED) is 0.104. The highest BCUT2D eigenvalue weighted by Crippen LogP contribution is 2.19. The van der Waals surface area contributed by atoms with E-state index in [2.05, 4.69) is 30.9 Å². The maximum Gasteiger partial charge on any atom is 0.326 e. The molecule has 0 fully saturated rings. The number of aliphatic hydroxyl groups is 1. The van der Waals surface area contributed by atoms with Gasteiger partial charge in [0, 0.05) is 41.8 Å². The molecule has 0 radical (unpaired) electrons. The number of benzene rings is 1. The van der Waals surface area contributed by atoms with Crippen molar-refractivity contribution in [3.8, 4) is 0 Å². The van der Waals surface area contributed by atoms with Gasteiger partial charge in [-0.05, 0) is 18.6 Å². The zero-order chi connectivity index (χ0) is 29.4. The Bertz CT molecular complexity index is 1350. The van der Waals surface area contributed by atoms with Gasteiger partial charge in [-0.2, -0.15) is 0 Å². The van der Waals surface area contributed by atoms with Crippen LogP contribution in [0.15, 0.2) is 43.0 Å². The van der Waals surface area contributed by atoms with Crippen LogP contribution in [0, 0.1) is 0 Å². The van der Waals surface area contributed by atoms with Crippen LogP contribution in [-0.4, -0.2) is 85.0 Å². The van der Waals surface area contributed by atoms with Crippen LogP contribution in [-0.2, 0) is 36.8 Å². The molecule has 0 aliphatic heterocycles. The van der Waals surface area contributed by atoms with E-state index in [0.29, 0.717) is 11.3 Å². The number of aliphatic hydroxyl groups excluding tert-OH is 1. The van der Waals surface area contributed by atoms with Crippen molar-refractivity contribution >= 4 is 40.5 Å². The molecule has 5 unspecified atom stereocenters. The number of carbonyl (C=O) groups excluding carboxylic acids is 4. The van der Waals surface area contributed by atoms with Gasteiger partial charge < -0.3 is 47.6 Å². The number of nitrogens with zero attached hydrogens (tertiary/aromatic N) is 1. The molecule has 0 aliphatic carbocycles. The minimum absolute atomic E-state index is 0.0482. The smallest absolute Gasteiger partial charge is 0.326 e. The van der Waals surface area contributed by atoms with Crippen molar-refractivity contribution in [2.45, 2.75) is 56.5 Å². The number of nitrogens with one attached hydrogen (secondary N) is 5. The van der Waals surface area contributed by atoms with Crippen LogP contribution in [0.4, 0.5) is 0 Å². The van der Waals surface area contributed by atoms with Gasteiger partial charge in [-0.25, -0.2) is 9.78 Å². The number of carboxylic acid groups (broad SMARTS) is 1. The number of para-hydroxylation sites is 1. The molecule has 4 amide bonds. The Hall–Kier alpha value is -4.76. The van der Waals surface area contributed by atoms with Gasteiger partial charge in [0.1, 0.15) is 24.2 Å². The minimum atomic E-state index is -1.52. The first-order valence-corrected chi connectivity index (χ1v) is 12.3. The van der Waals surface area contributed by atoms with Crippen molar-refractivity contribution < 1.29 is 34.2 Å². The normalized spacial score (nSPS) is 14.9. The molecule has 0 bridgehead atoms. The third kappa shape index (κ3) is 7.87. The summed E-state index contributed by atoms with van der Waals surface area (Å²) in [7, 11) is 0. The molecule has 40 heavy (non-hydrogen) atoms. The number of rotatable bonds is 14. The Labute approximate surface area is 228 Å². The van der Waals surface area contributed by atoms with Gasteiger partial charge in [-0.15, -0.1) is 0 Å². The van der Waals surface area contributed by atoms with E-state index >= 15 is 0 Å². The second-order valence-corrected chi connectivity index (χ2v) is 9.30. The maximum absolute atomic E-state index is 13.3. The zero-order valence-corrected chi connectivity index (χ0v) is 21.6. The van der Waals surface area contributed by atoms with E-state index in [9.17, 15) is 34.2 Å². The van der Waals surface area contributed by atoms with Crippen molar-refractivity contribution in [3.63, 3.8) is 0 Å². The summed E-state index contributed by atoms with van der Waals surface area (Å²) in [5.41, 5.74) is 12.7. The third-order valence-electron chi connectivity index (χ3n) is 6.19. The summed E-state index contributed by atoms with van der Waals surface area (Å²) < 4.78 is 0. The van der Waals surface area contributed by atoms with Crippen LogP contribution in [0.3, 0.4) is 0 Å². The summed E-state index contributed by atoms with van der Waals surface area (Å²) in [5, 5.41) is 27.4. The highest BCUT2D eigenvalue weighted by Gasteiger charge is 2.32. The van der Waals surface area contributed by atoms with Crippen LogP contribution >= 0.6 is 0 Å². The minimum Gasteiger partial charge on any atom is -0.480 e. The molecule has 214 valence electrons. The number of hydrogen-bond acceptors (Lipinski definition) is 8. The molecule has 0 saturated heterocycles. The molecule has 1 aromatic carbocycles. The lowest BCUT2D eigenvalue weighted by Gasteiger charge is -2.25. The number of primary amides is 1.